The van der Waals surface area contributed by atoms with Crippen LogP contribution >= 0.6 is 35.4 Å². The SMILES string of the molecule is NC(=O)c1ccc(NC(=S)Nc2cc(Cl)cc(Cl)c2)cc1. The number of anilines is 2. The highest BCUT2D eigenvalue weighted by Crippen LogP contribution is 2.22. The van der Waals surface area contributed by atoms with E-state index >= 15 is 0 Å². The lowest BCUT2D eigenvalue weighted by Gasteiger charge is -2.11. The van der Waals surface area contributed by atoms with Crippen LogP contribution in [0.25, 0.3) is 0 Å². The summed E-state index contributed by atoms with van der Waals surface area (Å²) >= 11 is 17.0. The normalized spacial score (nSPS) is 10.0. The van der Waals surface area contributed by atoms with Gasteiger partial charge in [0.05, 0.1) is 0 Å². The minimum Gasteiger partial charge on any atom is -0.366 e. The van der Waals surface area contributed by atoms with Gasteiger partial charge in [-0.2, -0.15) is 0 Å². The van der Waals surface area contributed by atoms with Gasteiger partial charge in [0.25, 0.3) is 0 Å². The number of carbonyl (C=O) groups excluding carboxylic acids is 1. The molecule has 2 rings (SSSR count). The van der Waals surface area contributed by atoms with E-state index in [9.17, 15) is 4.79 Å². The Hall–Kier alpha value is -1.82. The molecule has 0 fully saturated rings. The number of rotatable bonds is 3. The lowest BCUT2D eigenvalue weighted by molar-refractivity contribution is 0.100. The molecule has 108 valence electrons. The van der Waals surface area contributed by atoms with E-state index in [0.29, 0.717) is 26.4 Å². The Morgan fingerprint density at radius 2 is 1.48 bits per heavy atom. The Morgan fingerprint density at radius 3 is 2.00 bits per heavy atom. The van der Waals surface area contributed by atoms with E-state index < -0.39 is 5.91 Å². The molecule has 2 aromatic carbocycles. The van der Waals surface area contributed by atoms with Crippen LogP contribution < -0.4 is 16.4 Å². The Morgan fingerprint density at radius 1 is 0.952 bits per heavy atom. The van der Waals surface area contributed by atoms with Crippen LogP contribution in [0.3, 0.4) is 0 Å². The summed E-state index contributed by atoms with van der Waals surface area (Å²) < 4.78 is 0. The van der Waals surface area contributed by atoms with E-state index in [1.54, 1.807) is 42.5 Å². The van der Waals surface area contributed by atoms with Crippen LogP contribution in [0.1, 0.15) is 10.4 Å². The first-order chi connectivity index (χ1) is 9.94. The number of carbonyl (C=O) groups is 1. The van der Waals surface area contributed by atoms with Gasteiger partial charge >= 0.3 is 0 Å². The van der Waals surface area contributed by atoms with Gasteiger partial charge in [-0.3, -0.25) is 4.79 Å². The largest absolute Gasteiger partial charge is 0.366 e. The molecule has 0 saturated heterocycles. The maximum atomic E-state index is 11.0. The third-order valence-electron chi connectivity index (χ3n) is 2.55. The molecule has 0 aliphatic carbocycles. The standard InChI is InChI=1S/C14H11Cl2N3OS/c15-9-5-10(16)7-12(6-9)19-14(21)18-11-3-1-8(2-4-11)13(17)20/h1-7H,(H2,17,20)(H2,18,19,21). The minimum absolute atomic E-state index is 0.375. The lowest BCUT2D eigenvalue weighted by atomic mass is 10.2. The first-order valence-electron chi connectivity index (χ1n) is 5.88. The molecule has 0 spiro atoms. The number of nitrogens with two attached hydrogens (primary N) is 1. The van der Waals surface area contributed by atoms with Crippen molar-refractivity contribution in [2.75, 3.05) is 10.6 Å². The van der Waals surface area contributed by atoms with Crippen LogP contribution in [-0.2, 0) is 0 Å². The Balaban J connectivity index is 2.02. The Labute approximate surface area is 137 Å². The lowest BCUT2D eigenvalue weighted by Crippen LogP contribution is -2.19. The molecule has 21 heavy (non-hydrogen) atoms. The maximum absolute atomic E-state index is 11.0. The van der Waals surface area contributed by atoms with Crippen LogP contribution in [0.4, 0.5) is 11.4 Å². The zero-order chi connectivity index (χ0) is 15.4. The molecule has 7 heteroatoms. The Kier molecular flexibility index (Phi) is 5.01. The summed E-state index contributed by atoms with van der Waals surface area (Å²) in [5, 5.41) is 7.35. The zero-order valence-corrected chi connectivity index (χ0v) is 13.0. The maximum Gasteiger partial charge on any atom is 0.248 e. The Bertz CT molecular complexity index is 669. The predicted octanol–water partition coefficient (Wildman–Crippen LogP) is 3.90. The number of primary amides is 1. The van der Waals surface area contributed by atoms with Gasteiger partial charge < -0.3 is 16.4 Å². The fourth-order valence-electron chi connectivity index (χ4n) is 1.64. The molecule has 0 saturated carbocycles. The van der Waals surface area contributed by atoms with Gasteiger partial charge in [-0.25, -0.2) is 0 Å². The van der Waals surface area contributed by atoms with E-state index in [4.69, 9.17) is 41.2 Å². The highest BCUT2D eigenvalue weighted by atomic mass is 35.5. The number of halogens is 2. The van der Waals surface area contributed by atoms with E-state index in [0.717, 1.165) is 5.69 Å². The molecule has 0 unspecified atom stereocenters. The quantitative estimate of drug-likeness (QED) is 0.742. The summed E-state index contributed by atoms with van der Waals surface area (Å²) in [6.45, 7) is 0. The summed E-state index contributed by atoms with van der Waals surface area (Å²) in [6.07, 6.45) is 0. The van der Waals surface area contributed by atoms with Crippen molar-refractivity contribution in [3.8, 4) is 0 Å². The summed E-state index contributed by atoms with van der Waals surface area (Å²) in [5.74, 6) is -0.476. The number of thiocarbonyl (C=S) groups is 1. The molecule has 0 aromatic heterocycles. The van der Waals surface area contributed by atoms with Gasteiger partial charge in [0.15, 0.2) is 5.11 Å². The third-order valence-corrected chi connectivity index (χ3v) is 3.19. The third kappa shape index (κ3) is 4.60. The number of amides is 1. The first-order valence-corrected chi connectivity index (χ1v) is 7.04. The molecule has 0 heterocycles. The highest BCUT2D eigenvalue weighted by molar-refractivity contribution is 7.80. The monoisotopic (exact) mass is 339 g/mol. The van der Waals surface area contributed by atoms with Crippen LogP contribution in [0.2, 0.25) is 10.0 Å². The van der Waals surface area contributed by atoms with Crippen LogP contribution in [0.15, 0.2) is 42.5 Å². The number of benzene rings is 2. The molecule has 0 radical (unpaired) electrons. The van der Waals surface area contributed by atoms with Gasteiger partial charge in [-0.15, -0.1) is 0 Å². The molecule has 2 aromatic rings. The van der Waals surface area contributed by atoms with Gasteiger partial charge in [0, 0.05) is 27.0 Å². The number of nitrogens with one attached hydrogen (secondary N) is 2. The topological polar surface area (TPSA) is 67.2 Å². The molecule has 4 nitrogen and oxygen atoms in total. The van der Waals surface area contributed by atoms with E-state index in [-0.39, 0.29) is 0 Å². The summed E-state index contributed by atoms with van der Waals surface area (Å²) in [5.41, 5.74) is 7.01. The highest BCUT2D eigenvalue weighted by Gasteiger charge is 2.03. The second-order valence-electron chi connectivity index (χ2n) is 4.18. The minimum atomic E-state index is -0.476. The first kappa shape index (κ1) is 15.6. The van der Waals surface area contributed by atoms with Crippen LogP contribution in [0.5, 0.6) is 0 Å². The molecule has 0 bridgehead atoms. The van der Waals surface area contributed by atoms with E-state index in [1.165, 1.54) is 0 Å². The van der Waals surface area contributed by atoms with Crippen molar-refractivity contribution in [1.29, 1.82) is 0 Å². The summed E-state index contributed by atoms with van der Waals surface area (Å²) in [4.78, 5) is 11.0. The van der Waals surface area contributed by atoms with Gasteiger partial charge in [0.1, 0.15) is 0 Å². The average molecular weight is 340 g/mol. The van der Waals surface area contributed by atoms with Crippen molar-refractivity contribution < 1.29 is 4.79 Å². The van der Waals surface area contributed by atoms with Crippen LogP contribution in [-0.4, -0.2) is 11.0 Å². The van der Waals surface area contributed by atoms with E-state index in [2.05, 4.69) is 10.6 Å². The average Bonchev–Trinajstić information content (AvgIpc) is 2.37. The molecule has 0 aliphatic heterocycles. The number of hydrogen-bond acceptors (Lipinski definition) is 2. The van der Waals surface area contributed by atoms with Gasteiger partial charge in [-0.05, 0) is 54.7 Å². The van der Waals surface area contributed by atoms with Crippen molar-refractivity contribution in [2.24, 2.45) is 5.73 Å². The molecule has 4 N–H and O–H groups in total. The van der Waals surface area contributed by atoms with E-state index in [1.807, 2.05) is 0 Å². The number of hydrogen-bond donors (Lipinski definition) is 3. The summed E-state index contributed by atoms with van der Waals surface area (Å²) in [7, 11) is 0. The fraction of sp³-hybridized carbons (Fsp3) is 0. The molecular formula is C14H11Cl2N3OS. The van der Waals surface area contributed by atoms with Crippen molar-refractivity contribution >= 4 is 57.8 Å². The van der Waals surface area contributed by atoms with Gasteiger partial charge in [-0.1, -0.05) is 23.2 Å². The van der Waals surface area contributed by atoms with Crippen molar-refractivity contribution in [2.45, 2.75) is 0 Å². The smallest absolute Gasteiger partial charge is 0.248 e. The van der Waals surface area contributed by atoms with Crippen LogP contribution in [0, 0.1) is 0 Å². The van der Waals surface area contributed by atoms with Crippen molar-refractivity contribution in [1.82, 2.24) is 0 Å². The van der Waals surface area contributed by atoms with Crippen molar-refractivity contribution in [3.05, 3.63) is 58.1 Å². The predicted molar refractivity (Wildman–Crippen MR) is 91.3 cm³/mol. The summed E-state index contributed by atoms with van der Waals surface area (Å²) in [6, 6.07) is 11.7. The van der Waals surface area contributed by atoms with Crippen molar-refractivity contribution in [3.63, 3.8) is 0 Å². The van der Waals surface area contributed by atoms with Gasteiger partial charge in [0.2, 0.25) is 5.91 Å². The molecule has 1 amide bonds. The fourth-order valence-corrected chi connectivity index (χ4v) is 2.40. The molecule has 0 atom stereocenters. The molecular weight excluding hydrogens is 329 g/mol. The second-order valence-corrected chi connectivity index (χ2v) is 5.46. The molecule has 0 aliphatic rings. The zero-order valence-electron chi connectivity index (χ0n) is 10.7. The second kappa shape index (κ2) is 6.76.